The molecule has 0 N–H and O–H groups in total. The van der Waals surface area contributed by atoms with Gasteiger partial charge in [-0.05, 0) is 73.7 Å². The molecule has 160 valence electrons. The Morgan fingerprint density at radius 3 is 2.71 bits per heavy atom. The minimum atomic E-state index is -0.446. The molecule has 1 aliphatic heterocycles. The number of carbonyl (C=O) groups is 1. The maximum absolute atomic E-state index is 13.1. The zero-order valence-corrected chi connectivity index (χ0v) is 18.2. The van der Waals surface area contributed by atoms with E-state index >= 15 is 0 Å². The summed E-state index contributed by atoms with van der Waals surface area (Å²) in [5.41, 5.74) is 3.97. The van der Waals surface area contributed by atoms with Crippen molar-refractivity contribution < 1.29 is 14.5 Å². The largest absolute Gasteiger partial charge is 0.376 e. The van der Waals surface area contributed by atoms with Gasteiger partial charge in [0.05, 0.1) is 27.8 Å². The number of rotatable bonds is 6. The Labute approximate surface area is 184 Å². The topological polar surface area (TPSA) is 85.6 Å². The second-order valence-electron chi connectivity index (χ2n) is 7.67. The van der Waals surface area contributed by atoms with Gasteiger partial charge < -0.3 is 4.74 Å². The summed E-state index contributed by atoms with van der Waals surface area (Å²) in [4.78, 5) is 29.9. The summed E-state index contributed by atoms with van der Waals surface area (Å²) in [7, 11) is 0. The Hall–Kier alpha value is -3.10. The Balaban J connectivity index is 1.61. The van der Waals surface area contributed by atoms with Crippen LogP contribution in [-0.4, -0.2) is 35.1 Å². The van der Waals surface area contributed by atoms with Crippen LogP contribution >= 0.6 is 11.3 Å². The molecule has 1 amide bonds. The van der Waals surface area contributed by atoms with Crippen LogP contribution in [0.5, 0.6) is 0 Å². The van der Waals surface area contributed by atoms with E-state index in [1.165, 1.54) is 40.7 Å². The number of nitro groups is 1. The first-order chi connectivity index (χ1) is 14.9. The van der Waals surface area contributed by atoms with Crippen molar-refractivity contribution in [2.24, 2.45) is 0 Å². The van der Waals surface area contributed by atoms with Crippen LogP contribution in [0.15, 0.2) is 42.5 Å². The number of aromatic nitrogens is 1. The number of hydrogen-bond donors (Lipinski definition) is 0. The molecule has 0 spiro atoms. The molecule has 3 aromatic rings. The van der Waals surface area contributed by atoms with Gasteiger partial charge in [-0.2, -0.15) is 0 Å². The van der Waals surface area contributed by atoms with Crippen molar-refractivity contribution in [2.75, 3.05) is 18.1 Å². The lowest BCUT2D eigenvalue weighted by atomic mass is 10.1. The molecule has 1 atom stereocenters. The van der Waals surface area contributed by atoms with E-state index in [-0.39, 0.29) is 17.7 Å². The van der Waals surface area contributed by atoms with E-state index in [0.29, 0.717) is 23.8 Å². The van der Waals surface area contributed by atoms with Crippen LogP contribution in [-0.2, 0) is 9.53 Å². The second-order valence-corrected chi connectivity index (χ2v) is 8.68. The highest BCUT2D eigenvalue weighted by molar-refractivity contribution is 7.22. The number of thiazole rings is 1. The Kier molecular flexibility index (Phi) is 6.11. The zero-order chi connectivity index (χ0) is 22.0. The highest BCUT2D eigenvalue weighted by atomic mass is 32.1. The monoisotopic (exact) mass is 437 g/mol. The molecule has 1 saturated heterocycles. The summed E-state index contributed by atoms with van der Waals surface area (Å²) in [6.45, 7) is 5.27. The van der Waals surface area contributed by atoms with Crippen LogP contribution in [0.4, 0.5) is 10.8 Å². The number of amides is 1. The number of carbonyl (C=O) groups excluding carboxylic acids is 1. The van der Waals surface area contributed by atoms with Crippen LogP contribution in [0.25, 0.3) is 16.3 Å². The maximum Gasteiger partial charge on any atom is 0.269 e. The minimum Gasteiger partial charge on any atom is -0.376 e. The third-order valence-electron chi connectivity index (χ3n) is 5.42. The van der Waals surface area contributed by atoms with Crippen molar-refractivity contribution in [1.82, 2.24) is 4.98 Å². The third kappa shape index (κ3) is 4.81. The highest BCUT2D eigenvalue weighted by Crippen LogP contribution is 2.32. The SMILES string of the molecule is Cc1cc2nc(N(CC3CCCO3)C(=O)/C=C\c3ccc([N+](=O)[O-])cc3)sc2cc1C. The lowest BCUT2D eigenvalue weighted by Gasteiger charge is -2.21. The van der Waals surface area contributed by atoms with Gasteiger partial charge in [0.25, 0.3) is 11.6 Å². The summed E-state index contributed by atoms with van der Waals surface area (Å²) < 4.78 is 6.80. The predicted molar refractivity (Wildman–Crippen MR) is 123 cm³/mol. The molecule has 1 fully saturated rings. The summed E-state index contributed by atoms with van der Waals surface area (Å²) in [5.74, 6) is -0.193. The fraction of sp³-hybridized carbons (Fsp3) is 0.304. The van der Waals surface area contributed by atoms with E-state index in [0.717, 1.165) is 23.1 Å². The van der Waals surface area contributed by atoms with Crippen molar-refractivity contribution in [1.29, 1.82) is 0 Å². The van der Waals surface area contributed by atoms with Gasteiger partial charge in [-0.1, -0.05) is 11.3 Å². The van der Waals surface area contributed by atoms with Crippen molar-refractivity contribution >= 4 is 44.4 Å². The van der Waals surface area contributed by atoms with E-state index in [1.807, 2.05) is 6.07 Å². The third-order valence-corrected chi connectivity index (χ3v) is 6.46. The van der Waals surface area contributed by atoms with Gasteiger partial charge in [0.1, 0.15) is 0 Å². The number of hydrogen-bond acceptors (Lipinski definition) is 6. The van der Waals surface area contributed by atoms with Crippen molar-refractivity contribution in [3.05, 3.63) is 69.3 Å². The standard InChI is InChI=1S/C23H23N3O4S/c1-15-12-20-21(13-16(15)2)31-23(24-20)25(14-19-4-3-11-30-19)22(27)10-7-17-5-8-18(9-6-17)26(28)29/h5-10,12-13,19H,3-4,11,14H2,1-2H3/b10-7-. The first kappa shape index (κ1) is 21.1. The number of nitro benzene ring substituents is 1. The number of ether oxygens (including phenoxy) is 1. The average Bonchev–Trinajstić information content (AvgIpc) is 3.40. The van der Waals surface area contributed by atoms with Gasteiger partial charge in [0.15, 0.2) is 5.13 Å². The van der Waals surface area contributed by atoms with Crippen LogP contribution in [0.1, 0.15) is 29.5 Å². The van der Waals surface area contributed by atoms with Gasteiger partial charge in [0, 0.05) is 24.8 Å². The molecule has 2 heterocycles. The number of benzene rings is 2. The Morgan fingerprint density at radius 1 is 1.29 bits per heavy atom. The summed E-state index contributed by atoms with van der Waals surface area (Å²) >= 11 is 1.50. The normalized spacial score (nSPS) is 16.3. The molecule has 1 aromatic heterocycles. The quantitative estimate of drug-likeness (QED) is 0.306. The van der Waals surface area contributed by atoms with E-state index in [4.69, 9.17) is 9.72 Å². The fourth-order valence-corrected chi connectivity index (χ4v) is 4.56. The smallest absolute Gasteiger partial charge is 0.269 e. The highest BCUT2D eigenvalue weighted by Gasteiger charge is 2.25. The molecule has 0 bridgehead atoms. The summed E-state index contributed by atoms with van der Waals surface area (Å²) in [6.07, 6.45) is 5.05. The predicted octanol–water partition coefficient (Wildman–Crippen LogP) is 5.05. The molecular formula is C23H23N3O4S. The van der Waals surface area contributed by atoms with Crippen molar-refractivity contribution in [2.45, 2.75) is 32.8 Å². The van der Waals surface area contributed by atoms with E-state index < -0.39 is 4.92 Å². The van der Waals surface area contributed by atoms with Gasteiger partial charge in [-0.3, -0.25) is 19.8 Å². The number of fused-ring (bicyclic) bond motifs is 1. The molecule has 0 saturated carbocycles. The summed E-state index contributed by atoms with van der Waals surface area (Å²) in [6, 6.07) is 10.2. The fourth-order valence-electron chi connectivity index (χ4n) is 3.50. The molecule has 2 aromatic carbocycles. The zero-order valence-electron chi connectivity index (χ0n) is 17.4. The van der Waals surface area contributed by atoms with Gasteiger partial charge in [-0.25, -0.2) is 4.98 Å². The molecule has 1 unspecified atom stereocenters. The molecule has 31 heavy (non-hydrogen) atoms. The first-order valence-corrected chi connectivity index (χ1v) is 11.0. The van der Waals surface area contributed by atoms with Gasteiger partial charge in [0.2, 0.25) is 0 Å². The molecule has 0 aliphatic carbocycles. The van der Waals surface area contributed by atoms with Crippen molar-refractivity contribution in [3.8, 4) is 0 Å². The molecular weight excluding hydrogens is 414 g/mol. The van der Waals surface area contributed by atoms with Gasteiger partial charge in [-0.15, -0.1) is 0 Å². The number of aryl methyl sites for hydroxylation is 2. The molecule has 1 aliphatic rings. The Bertz CT molecular complexity index is 1110. The van der Waals surface area contributed by atoms with E-state index in [9.17, 15) is 14.9 Å². The first-order valence-electron chi connectivity index (χ1n) is 10.1. The maximum atomic E-state index is 13.1. The number of non-ortho nitro benzene ring substituents is 1. The van der Waals surface area contributed by atoms with Crippen molar-refractivity contribution in [3.63, 3.8) is 0 Å². The van der Waals surface area contributed by atoms with E-state index in [2.05, 4.69) is 19.9 Å². The lowest BCUT2D eigenvalue weighted by Crippen LogP contribution is -2.36. The lowest BCUT2D eigenvalue weighted by molar-refractivity contribution is -0.384. The molecule has 0 radical (unpaired) electrons. The molecule has 8 heteroatoms. The Morgan fingerprint density at radius 2 is 2.03 bits per heavy atom. The second kappa shape index (κ2) is 8.95. The molecule has 4 rings (SSSR count). The summed E-state index contributed by atoms with van der Waals surface area (Å²) in [5, 5.41) is 11.5. The van der Waals surface area contributed by atoms with Crippen LogP contribution in [0, 0.1) is 24.0 Å². The number of nitrogens with zero attached hydrogens (tertiary/aromatic N) is 3. The van der Waals surface area contributed by atoms with Crippen LogP contribution in [0.3, 0.4) is 0 Å². The van der Waals surface area contributed by atoms with Gasteiger partial charge >= 0.3 is 0 Å². The number of anilines is 1. The minimum absolute atomic E-state index is 0.00721. The average molecular weight is 438 g/mol. The van der Waals surface area contributed by atoms with Crippen LogP contribution < -0.4 is 4.90 Å². The molecule has 7 nitrogen and oxygen atoms in total. The van der Waals surface area contributed by atoms with Crippen LogP contribution in [0.2, 0.25) is 0 Å². The van der Waals surface area contributed by atoms with E-state index in [1.54, 1.807) is 23.1 Å².